The molecule has 0 aliphatic heterocycles. The van der Waals surface area contributed by atoms with Crippen molar-refractivity contribution in [3.63, 3.8) is 0 Å². The first-order valence-corrected chi connectivity index (χ1v) is 11.6. The lowest BCUT2D eigenvalue weighted by Gasteiger charge is -2.36. The molecule has 1 amide bonds. The van der Waals surface area contributed by atoms with E-state index < -0.39 is 66.6 Å². The number of anilines is 2. The van der Waals surface area contributed by atoms with Crippen LogP contribution >= 0.6 is 0 Å². The van der Waals surface area contributed by atoms with Crippen LogP contribution in [-0.2, 0) is 17.5 Å². The molecule has 1 saturated carbocycles. The predicted octanol–water partition coefficient (Wildman–Crippen LogP) is 4.02. The third-order valence-electron chi connectivity index (χ3n) is 5.74. The van der Waals surface area contributed by atoms with Crippen LogP contribution in [0.25, 0.3) is 5.65 Å². The van der Waals surface area contributed by atoms with Gasteiger partial charge in [-0.2, -0.15) is 36.5 Å². The summed E-state index contributed by atoms with van der Waals surface area (Å²) in [5.41, 5.74) is 2.96. The van der Waals surface area contributed by atoms with E-state index in [1.807, 2.05) is 5.32 Å². The van der Waals surface area contributed by atoms with E-state index in [1.54, 1.807) is 0 Å². The number of alkyl halides is 10. The molecule has 5 N–H and O–H groups in total. The van der Waals surface area contributed by atoms with Crippen LogP contribution in [0.5, 0.6) is 0 Å². The van der Waals surface area contributed by atoms with E-state index in [-0.39, 0.29) is 29.9 Å². The molecule has 11 nitrogen and oxygen atoms in total. The number of aromatic nitrogens is 5. The molecule has 3 aromatic heterocycles. The third-order valence-corrected chi connectivity index (χ3v) is 5.74. The first-order chi connectivity index (χ1) is 19.3. The van der Waals surface area contributed by atoms with Gasteiger partial charge in [-0.3, -0.25) is 9.48 Å². The number of nitrogens with two attached hydrogens (primary N) is 1. The fourth-order valence-electron chi connectivity index (χ4n) is 3.81. The molecule has 21 heteroatoms. The molecule has 42 heavy (non-hydrogen) atoms. The van der Waals surface area contributed by atoms with Crippen molar-refractivity contribution < 1.29 is 58.6 Å². The Morgan fingerprint density at radius 3 is 2.40 bits per heavy atom. The van der Waals surface area contributed by atoms with Crippen molar-refractivity contribution in [3.8, 4) is 0 Å². The molecule has 1 fully saturated rings. The molecule has 0 bridgehead atoms. The molecule has 1 aliphatic rings. The van der Waals surface area contributed by atoms with Crippen LogP contribution in [0, 0.1) is 0 Å². The number of halogens is 10. The van der Waals surface area contributed by atoms with Gasteiger partial charge in [0.15, 0.2) is 11.3 Å². The quantitative estimate of drug-likeness (QED) is 0.301. The van der Waals surface area contributed by atoms with Gasteiger partial charge in [0.1, 0.15) is 17.9 Å². The van der Waals surface area contributed by atoms with Crippen LogP contribution in [-0.4, -0.2) is 72.0 Å². The summed E-state index contributed by atoms with van der Waals surface area (Å²) in [6, 6.07) is -0.853. The Balaban J connectivity index is 0.000000616. The van der Waals surface area contributed by atoms with Gasteiger partial charge in [-0.15, -0.1) is 0 Å². The Morgan fingerprint density at radius 2 is 1.83 bits per heavy atom. The number of aliphatic carboxylic acids is 1. The van der Waals surface area contributed by atoms with Crippen LogP contribution in [0.4, 0.5) is 55.4 Å². The predicted molar refractivity (Wildman–Crippen MR) is 122 cm³/mol. The number of hydrogen-bond acceptors (Lipinski definition) is 7. The van der Waals surface area contributed by atoms with Crippen molar-refractivity contribution in [3.05, 3.63) is 35.9 Å². The van der Waals surface area contributed by atoms with Gasteiger partial charge >= 0.3 is 18.3 Å². The smallest absolute Gasteiger partial charge is 0.475 e. The van der Waals surface area contributed by atoms with E-state index in [1.165, 1.54) is 12.3 Å². The third kappa shape index (κ3) is 7.76. The SMILES string of the molecule is N[C@@H]1[C@H](Nc2ccn3ncc(C(=O)Nc4cn(CC(F)F)nc4C(F)(F)F)c3n2)CCCC1(F)F.O=C(O)C(F)(F)F. The molecule has 0 radical (unpaired) electrons. The normalized spacial score (nSPS) is 18.9. The summed E-state index contributed by atoms with van der Waals surface area (Å²) in [6.07, 6.45) is -9.75. The standard InChI is InChI=1S/C19H19F7N8O.C2HF3O2/c20-12(21)8-33-7-11(15(32-33)19(24,25)26)30-17(35)9-6-28-34-5-3-13(31-16(9)34)29-10-2-1-4-18(22,23)14(10)27;3-2(4,5)1(6)7/h3,5-7,10,12,14H,1-2,4,8,27H2,(H,29,31)(H,30,35);(H,6,7)/t10-,14-;/m1./s1. The maximum Gasteiger partial charge on any atom is 0.490 e. The highest BCUT2D eigenvalue weighted by molar-refractivity contribution is 6.08. The summed E-state index contributed by atoms with van der Waals surface area (Å²) < 4.78 is 126. The largest absolute Gasteiger partial charge is 0.490 e. The lowest BCUT2D eigenvalue weighted by Crippen LogP contribution is -2.55. The molecule has 4 rings (SSSR count). The van der Waals surface area contributed by atoms with E-state index in [0.717, 1.165) is 10.7 Å². The average molecular weight is 622 g/mol. The zero-order valence-corrected chi connectivity index (χ0v) is 20.7. The van der Waals surface area contributed by atoms with Gasteiger partial charge in [0, 0.05) is 24.9 Å². The van der Waals surface area contributed by atoms with E-state index in [2.05, 4.69) is 20.5 Å². The molecule has 0 saturated heterocycles. The Kier molecular flexibility index (Phi) is 9.22. The van der Waals surface area contributed by atoms with Crippen molar-refractivity contribution in [2.45, 2.75) is 62.6 Å². The topological polar surface area (TPSA) is 152 Å². The Labute approximate surface area is 227 Å². The number of nitrogens with one attached hydrogen (secondary N) is 2. The second kappa shape index (κ2) is 12.0. The van der Waals surface area contributed by atoms with Crippen LogP contribution in [0.3, 0.4) is 0 Å². The molecule has 0 spiro atoms. The lowest BCUT2D eigenvalue weighted by molar-refractivity contribution is -0.192. The van der Waals surface area contributed by atoms with Crippen molar-refractivity contribution in [2.75, 3.05) is 10.6 Å². The monoisotopic (exact) mass is 622 g/mol. The van der Waals surface area contributed by atoms with Crippen LogP contribution in [0.1, 0.15) is 35.3 Å². The molecule has 1 aliphatic carbocycles. The summed E-state index contributed by atoms with van der Waals surface area (Å²) in [6.45, 7) is -1.10. The maximum atomic E-state index is 13.9. The number of nitrogens with zero attached hydrogens (tertiary/aromatic N) is 5. The first kappa shape index (κ1) is 32.3. The Morgan fingerprint density at radius 1 is 1.19 bits per heavy atom. The van der Waals surface area contributed by atoms with E-state index in [4.69, 9.17) is 15.6 Å². The fourth-order valence-corrected chi connectivity index (χ4v) is 3.81. The molecular formula is C21H20F10N8O3. The molecule has 0 aromatic carbocycles. The molecule has 3 aromatic rings. The van der Waals surface area contributed by atoms with Crippen LogP contribution in [0.2, 0.25) is 0 Å². The van der Waals surface area contributed by atoms with E-state index >= 15 is 0 Å². The van der Waals surface area contributed by atoms with E-state index in [0.29, 0.717) is 17.3 Å². The molecule has 2 atom stereocenters. The van der Waals surface area contributed by atoms with Gasteiger partial charge in [-0.05, 0) is 18.9 Å². The van der Waals surface area contributed by atoms with Gasteiger partial charge in [0.25, 0.3) is 18.3 Å². The number of hydrogen-bond donors (Lipinski definition) is 4. The van der Waals surface area contributed by atoms with Crippen molar-refractivity contribution in [1.29, 1.82) is 0 Å². The summed E-state index contributed by atoms with van der Waals surface area (Å²) >= 11 is 0. The Hall–Kier alpha value is -4.17. The van der Waals surface area contributed by atoms with Gasteiger partial charge < -0.3 is 21.5 Å². The minimum atomic E-state index is -5.08. The summed E-state index contributed by atoms with van der Waals surface area (Å²) in [5, 5.41) is 18.9. The molecule has 232 valence electrons. The zero-order valence-electron chi connectivity index (χ0n) is 20.7. The lowest BCUT2D eigenvalue weighted by atomic mass is 9.87. The Bertz CT molecular complexity index is 1420. The second-order valence-corrected chi connectivity index (χ2v) is 8.83. The number of fused-ring (bicyclic) bond motifs is 1. The number of carboxylic acid groups (broad SMARTS) is 1. The fraction of sp³-hybridized carbons (Fsp3) is 0.476. The average Bonchev–Trinajstić information content (AvgIpc) is 3.45. The molecule has 3 heterocycles. The number of carbonyl (C=O) groups is 2. The minimum Gasteiger partial charge on any atom is -0.475 e. The molecule has 0 unspecified atom stereocenters. The first-order valence-electron chi connectivity index (χ1n) is 11.6. The summed E-state index contributed by atoms with van der Waals surface area (Å²) in [5.74, 6) is -6.78. The number of rotatable bonds is 6. The van der Waals surface area contributed by atoms with Crippen LogP contribution in [0.15, 0.2) is 24.7 Å². The number of amides is 1. The highest BCUT2D eigenvalue weighted by Crippen LogP contribution is 2.35. The van der Waals surface area contributed by atoms with Crippen LogP contribution < -0.4 is 16.4 Å². The van der Waals surface area contributed by atoms with Crippen molar-refractivity contribution in [2.24, 2.45) is 5.73 Å². The van der Waals surface area contributed by atoms with Gasteiger partial charge in [-0.25, -0.2) is 31.9 Å². The summed E-state index contributed by atoms with van der Waals surface area (Å²) in [4.78, 5) is 25.8. The molecular weight excluding hydrogens is 602 g/mol. The maximum absolute atomic E-state index is 13.9. The van der Waals surface area contributed by atoms with Crippen molar-refractivity contribution in [1.82, 2.24) is 24.4 Å². The van der Waals surface area contributed by atoms with Gasteiger partial charge in [-0.1, -0.05) is 0 Å². The minimum absolute atomic E-state index is 0.0860. The number of carboxylic acids is 1. The van der Waals surface area contributed by atoms with Crippen molar-refractivity contribution >= 4 is 29.0 Å². The summed E-state index contributed by atoms with van der Waals surface area (Å²) in [7, 11) is 0. The highest BCUT2D eigenvalue weighted by atomic mass is 19.4. The van der Waals surface area contributed by atoms with Gasteiger partial charge in [0.05, 0.1) is 17.9 Å². The zero-order chi connectivity index (χ0) is 31.6. The second-order valence-electron chi connectivity index (χ2n) is 8.83. The highest BCUT2D eigenvalue weighted by Gasteiger charge is 2.45. The van der Waals surface area contributed by atoms with Gasteiger partial charge in [0.2, 0.25) is 0 Å². The number of carbonyl (C=O) groups excluding carboxylic acids is 1. The van der Waals surface area contributed by atoms with E-state index in [9.17, 15) is 48.7 Å².